The number of methoxy groups -OCH3 is 1. The van der Waals surface area contributed by atoms with Crippen molar-refractivity contribution in [3.8, 4) is 0 Å². The lowest BCUT2D eigenvalue weighted by Crippen LogP contribution is -2.15. The molecule has 1 aliphatic rings. The van der Waals surface area contributed by atoms with Gasteiger partial charge in [-0.2, -0.15) is 5.10 Å². The first-order valence-corrected chi connectivity index (χ1v) is 9.38. The minimum atomic E-state index is -0.114. The van der Waals surface area contributed by atoms with Crippen molar-refractivity contribution in [1.82, 2.24) is 10.2 Å². The van der Waals surface area contributed by atoms with Crippen LogP contribution in [-0.4, -0.2) is 29.2 Å². The van der Waals surface area contributed by atoms with Crippen LogP contribution in [0.2, 0.25) is 0 Å². The lowest BCUT2D eigenvalue weighted by Gasteiger charge is -2.10. The summed E-state index contributed by atoms with van der Waals surface area (Å²) in [4.78, 5) is 23.7. The smallest absolute Gasteiger partial charge is 0.308 e. The molecule has 2 aromatic rings. The van der Waals surface area contributed by atoms with Crippen LogP contribution in [0.4, 0.5) is 5.82 Å². The molecule has 6 nitrogen and oxygen atoms in total. The fourth-order valence-corrected chi connectivity index (χ4v) is 3.58. The van der Waals surface area contributed by atoms with Crippen LogP contribution in [0.5, 0.6) is 0 Å². The zero-order valence-corrected chi connectivity index (χ0v) is 15.6. The highest BCUT2D eigenvalue weighted by atomic mass is 16.5. The SMILES string of the molecule is COC(=O)C1CCC(Cc2ccc(NC(=O)CCc3ccccc3)nn2)C1. The molecule has 142 valence electrons. The highest BCUT2D eigenvalue weighted by Gasteiger charge is 2.30. The van der Waals surface area contributed by atoms with Crippen molar-refractivity contribution in [3.63, 3.8) is 0 Å². The number of amides is 1. The van der Waals surface area contributed by atoms with Crippen LogP contribution in [0.25, 0.3) is 0 Å². The van der Waals surface area contributed by atoms with Gasteiger partial charge in [0.05, 0.1) is 18.7 Å². The molecule has 0 spiro atoms. The fourth-order valence-electron chi connectivity index (χ4n) is 3.58. The molecule has 1 aromatic carbocycles. The predicted octanol–water partition coefficient (Wildman–Crippen LogP) is 3.18. The first kappa shape index (κ1) is 19.0. The maximum atomic E-state index is 12.1. The number of hydrogen-bond acceptors (Lipinski definition) is 5. The van der Waals surface area contributed by atoms with Gasteiger partial charge in [0.2, 0.25) is 5.91 Å². The normalized spacial score (nSPS) is 18.9. The van der Waals surface area contributed by atoms with E-state index in [1.165, 1.54) is 7.11 Å². The second kappa shape index (κ2) is 9.26. The van der Waals surface area contributed by atoms with Gasteiger partial charge in [-0.05, 0) is 55.7 Å². The summed E-state index contributed by atoms with van der Waals surface area (Å²) in [5.41, 5.74) is 2.02. The van der Waals surface area contributed by atoms with E-state index in [4.69, 9.17) is 4.74 Å². The number of benzene rings is 1. The summed E-state index contributed by atoms with van der Waals surface area (Å²) in [5.74, 6) is 0.719. The number of aromatic nitrogens is 2. The number of carbonyl (C=O) groups is 2. The van der Waals surface area contributed by atoms with Gasteiger partial charge in [0.25, 0.3) is 0 Å². The summed E-state index contributed by atoms with van der Waals surface area (Å²) < 4.78 is 4.83. The molecule has 6 heteroatoms. The van der Waals surface area contributed by atoms with Crippen molar-refractivity contribution in [1.29, 1.82) is 0 Å². The first-order valence-electron chi connectivity index (χ1n) is 9.38. The van der Waals surface area contributed by atoms with Crippen LogP contribution < -0.4 is 5.32 Å². The van der Waals surface area contributed by atoms with Gasteiger partial charge in [-0.1, -0.05) is 30.3 Å². The number of nitrogens with one attached hydrogen (secondary N) is 1. The van der Waals surface area contributed by atoms with E-state index in [-0.39, 0.29) is 17.8 Å². The van der Waals surface area contributed by atoms with Gasteiger partial charge in [0.15, 0.2) is 5.82 Å². The molecule has 1 saturated carbocycles. The Bertz CT molecular complexity index is 762. The van der Waals surface area contributed by atoms with Crippen LogP contribution in [0.1, 0.15) is 36.9 Å². The van der Waals surface area contributed by atoms with E-state index in [1.54, 1.807) is 6.07 Å². The van der Waals surface area contributed by atoms with E-state index in [0.29, 0.717) is 24.6 Å². The third kappa shape index (κ3) is 5.61. The maximum Gasteiger partial charge on any atom is 0.308 e. The molecule has 0 saturated heterocycles. The van der Waals surface area contributed by atoms with E-state index >= 15 is 0 Å². The molecule has 0 radical (unpaired) electrons. The minimum Gasteiger partial charge on any atom is -0.469 e. The minimum absolute atomic E-state index is 0.0103. The molecule has 27 heavy (non-hydrogen) atoms. The number of carbonyl (C=O) groups excluding carboxylic acids is 2. The van der Waals surface area contributed by atoms with E-state index in [0.717, 1.165) is 36.9 Å². The zero-order valence-electron chi connectivity index (χ0n) is 15.6. The van der Waals surface area contributed by atoms with Crippen LogP contribution in [-0.2, 0) is 27.2 Å². The molecule has 1 fully saturated rings. The zero-order chi connectivity index (χ0) is 19.1. The quantitative estimate of drug-likeness (QED) is 0.760. The Morgan fingerprint density at radius 1 is 1.11 bits per heavy atom. The van der Waals surface area contributed by atoms with Crippen LogP contribution in [0, 0.1) is 11.8 Å². The molecule has 1 heterocycles. The molecule has 2 atom stereocenters. The topological polar surface area (TPSA) is 81.2 Å². The van der Waals surface area contributed by atoms with Crippen molar-refractivity contribution in [2.45, 2.75) is 38.5 Å². The number of anilines is 1. The number of esters is 1. The van der Waals surface area contributed by atoms with Crippen molar-refractivity contribution in [3.05, 3.63) is 53.7 Å². The summed E-state index contributed by atoms with van der Waals surface area (Å²) in [6.07, 6.45) is 4.61. The predicted molar refractivity (Wildman–Crippen MR) is 102 cm³/mol. The van der Waals surface area contributed by atoms with Gasteiger partial charge in [-0.15, -0.1) is 5.10 Å². The van der Waals surface area contributed by atoms with E-state index < -0.39 is 0 Å². The highest BCUT2D eigenvalue weighted by Crippen LogP contribution is 2.33. The van der Waals surface area contributed by atoms with E-state index in [1.807, 2.05) is 36.4 Å². The lowest BCUT2D eigenvalue weighted by atomic mass is 10.00. The Kier molecular flexibility index (Phi) is 6.52. The third-order valence-electron chi connectivity index (χ3n) is 5.04. The second-order valence-electron chi connectivity index (χ2n) is 7.05. The van der Waals surface area contributed by atoms with E-state index in [2.05, 4.69) is 15.5 Å². The molecule has 3 rings (SSSR count). The van der Waals surface area contributed by atoms with Crippen LogP contribution in [0.15, 0.2) is 42.5 Å². The molecular formula is C21H25N3O3. The first-order chi connectivity index (χ1) is 13.1. The van der Waals surface area contributed by atoms with Gasteiger partial charge in [0, 0.05) is 6.42 Å². The molecule has 2 unspecified atom stereocenters. The van der Waals surface area contributed by atoms with Gasteiger partial charge >= 0.3 is 5.97 Å². The molecule has 0 aliphatic heterocycles. The maximum absolute atomic E-state index is 12.1. The molecule has 1 aromatic heterocycles. The average Bonchev–Trinajstić information content (AvgIpc) is 3.16. The van der Waals surface area contributed by atoms with Crippen LogP contribution >= 0.6 is 0 Å². The van der Waals surface area contributed by atoms with Crippen molar-refractivity contribution < 1.29 is 14.3 Å². The van der Waals surface area contributed by atoms with Gasteiger partial charge in [0.1, 0.15) is 0 Å². The molecule has 1 amide bonds. The van der Waals surface area contributed by atoms with Crippen LogP contribution in [0.3, 0.4) is 0 Å². The number of nitrogens with zero attached hydrogens (tertiary/aromatic N) is 2. The van der Waals surface area contributed by atoms with Gasteiger partial charge in [-0.3, -0.25) is 9.59 Å². The van der Waals surface area contributed by atoms with Crippen molar-refractivity contribution >= 4 is 17.7 Å². The summed E-state index contributed by atoms with van der Waals surface area (Å²) in [7, 11) is 1.44. The van der Waals surface area contributed by atoms with Gasteiger partial charge in [-0.25, -0.2) is 0 Å². The molecule has 1 N–H and O–H groups in total. The monoisotopic (exact) mass is 367 g/mol. The Labute approximate surface area is 159 Å². The summed E-state index contributed by atoms with van der Waals surface area (Å²) in [6.45, 7) is 0. The third-order valence-corrected chi connectivity index (χ3v) is 5.04. The summed E-state index contributed by atoms with van der Waals surface area (Å²) >= 11 is 0. The lowest BCUT2D eigenvalue weighted by molar-refractivity contribution is -0.145. The Balaban J connectivity index is 1.44. The Hall–Kier alpha value is -2.76. The fraction of sp³-hybridized carbons (Fsp3) is 0.429. The van der Waals surface area contributed by atoms with Crippen molar-refractivity contribution in [2.75, 3.05) is 12.4 Å². The average molecular weight is 367 g/mol. The molecule has 1 aliphatic carbocycles. The molecular weight excluding hydrogens is 342 g/mol. The number of hydrogen-bond donors (Lipinski definition) is 1. The second-order valence-corrected chi connectivity index (χ2v) is 7.05. The Morgan fingerprint density at radius 2 is 1.93 bits per heavy atom. The van der Waals surface area contributed by atoms with E-state index in [9.17, 15) is 9.59 Å². The number of aryl methyl sites for hydroxylation is 1. The standard InChI is InChI=1S/C21H25N3O3/c1-27-21(26)17-9-7-16(13-17)14-18-10-11-19(24-23-18)22-20(25)12-8-15-5-3-2-4-6-15/h2-6,10-11,16-17H,7-9,12-14H2,1H3,(H,22,24,25). The largest absolute Gasteiger partial charge is 0.469 e. The molecule has 0 bridgehead atoms. The number of ether oxygens (including phenoxy) is 1. The summed E-state index contributed by atoms with van der Waals surface area (Å²) in [6, 6.07) is 13.6. The highest BCUT2D eigenvalue weighted by molar-refractivity contribution is 5.89. The Morgan fingerprint density at radius 3 is 2.63 bits per heavy atom. The van der Waals surface area contributed by atoms with Crippen molar-refractivity contribution in [2.24, 2.45) is 11.8 Å². The van der Waals surface area contributed by atoms with Gasteiger partial charge < -0.3 is 10.1 Å². The summed E-state index contributed by atoms with van der Waals surface area (Å²) in [5, 5.41) is 11.1. The number of rotatable bonds is 7.